The van der Waals surface area contributed by atoms with Crippen LogP contribution in [0.5, 0.6) is 0 Å². The Kier molecular flexibility index (Phi) is 1.39. The van der Waals surface area contributed by atoms with E-state index in [-0.39, 0.29) is 0 Å². The fraction of sp³-hybridized carbons (Fsp3) is 0.333. The molecular weight excluding hydrogens is 128 g/mol. The van der Waals surface area contributed by atoms with E-state index in [0.717, 1.165) is 5.08 Å². The Balaban J connectivity index is 2.65. The van der Waals surface area contributed by atoms with Crippen molar-refractivity contribution in [2.75, 3.05) is 5.08 Å². The second-order valence-corrected chi connectivity index (χ2v) is 3.40. The normalized spacial score (nSPS) is 21.1. The summed E-state index contributed by atoms with van der Waals surface area (Å²) in [6, 6.07) is 0. The number of thioether (sulfide) groups is 2. The third-order valence-corrected chi connectivity index (χ3v) is 2.67. The van der Waals surface area contributed by atoms with Gasteiger partial charge in [-0.15, -0.1) is 0 Å². The van der Waals surface area contributed by atoms with Crippen LogP contribution in [-0.2, 0) is 0 Å². The second kappa shape index (κ2) is 1.88. The molecule has 1 aliphatic rings. The largest absolute Gasteiger partial charge is 0.292 e. The van der Waals surface area contributed by atoms with Gasteiger partial charge in [-0.2, -0.15) is 0 Å². The lowest BCUT2D eigenvalue weighted by Crippen LogP contribution is -1.92. The predicted octanol–water partition coefficient (Wildman–Crippen LogP) is 1.38. The molecule has 0 amide bonds. The molecule has 4 heteroatoms. The quantitative estimate of drug-likeness (QED) is 0.523. The van der Waals surface area contributed by atoms with Gasteiger partial charge in [-0.25, -0.2) is 0 Å². The zero-order chi connectivity index (χ0) is 5.28. The van der Waals surface area contributed by atoms with Gasteiger partial charge in [-0.1, -0.05) is 23.5 Å². The van der Waals surface area contributed by atoms with Gasteiger partial charge >= 0.3 is 0 Å². The summed E-state index contributed by atoms with van der Waals surface area (Å²) in [6.45, 7) is 0. The van der Waals surface area contributed by atoms with Gasteiger partial charge in [-0.05, 0) is 0 Å². The van der Waals surface area contributed by atoms with Gasteiger partial charge in [-0.3, -0.25) is 10.8 Å². The molecule has 38 valence electrons. The van der Waals surface area contributed by atoms with Crippen molar-refractivity contribution in [1.29, 1.82) is 10.8 Å². The van der Waals surface area contributed by atoms with Gasteiger partial charge in [0.25, 0.3) is 0 Å². The smallest absolute Gasteiger partial charge is 0.120 e. The minimum Gasteiger partial charge on any atom is -0.292 e. The zero-order valence-corrected chi connectivity index (χ0v) is 5.16. The van der Waals surface area contributed by atoms with E-state index in [2.05, 4.69) is 0 Å². The standard InChI is InChI=1S/C3H4N2S2/c4-2-3(5)7-1-6-2/h4-5H,1H2. The summed E-state index contributed by atoms with van der Waals surface area (Å²) in [5.74, 6) is 0. The first-order valence-electron chi connectivity index (χ1n) is 1.74. The molecular formula is C3H4N2S2. The molecule has 0 aromatic rings. The van der Waals surface area contributed by atoms with Crippen LogP contribution in [0.4, 0.5) is 0 Å². The molecule has 2 nitrogen and oxygen atoms in total. The van der Waals surface area contributed by atoms with Gasteiger partial charge in [0.05, 0.1) is 5.08 Å². The Morgan fingerprint density at radius 3 is 1.71 bits per heavy atom. The molecule has 0 saturated carbocycles. The fourth-order valence-electron chi connectivity index (χ4n) is 0.278. The van der Waals surface area contributed by atoms with Crippen molar-refractivity contribution in [3.8, 4) is 0 Å². The van der Waals surface area contributed by atoms with E-state index in [9.17, 15) is 0 Å². The van der Waals surface area contributed by atoms with E-state index >= 15 is 0 Å². The third-order valence-electron chi connectivity index (χ3n) is 0.613. The molecule has 0 aromatic carbocycles. The molecule has 0 atom stereocenters. The molecule has 0 aromatic heterocycles. The zero-order valence-electron chi connectivity index (χ0n) is 3.52. The van der Waals surface area contributed by atoms with E-state index in [1.807, 2.05) is 0 Å². The van der Waals surface area contributed by atoms with Crippen LogP contribution < -0.4 is 0 Å². The van der Waals surface area contributed by atoms with Gasteiger partial charge in [0.15, 0.2) is 0 Å². The molecule has 0 bridgehead atoms. The highest BCUT2D eigenvalue weighted by Gasteiger charge is 2.13. The summed E-state index contributed by atoms with van der Waals surface area (Å²) in [6.07, 6.45) is 0. The summed E-state index contributed by atoms with van der Waals surface area (Å²) >= 11 is 2.85. The first-order chi connectivity index (χ1) is 3.30. The minimum absolute atomic E-state index is 0.421. The number of nitrogens with one attached hydrogen (secondary N) is 2. The van der Waals surface area contributed by atoms with Gasteiger partial charge in [0.2, 0.25) is 0 Å². The SMILES string of the molecule is N=C1SCSC1=N. The Hall–Kier alpha value is 0.0400. The highest BCUT2D eigenvalue weighted by Crippen LogP contribution is 2.24. The lowest BCUT2D eigenvalue weighted by Gasteiger charge is -1.80. The van der Waals surface area contributed by atoms with Crippen molar-refractivity contribution < 1.29 is 0 Å². The monoisotopic (exact) mass is 132 g/mol. The van der Waals surface area contributed by atoms with Crippen LogP contribution in [0.1, 0.15) is 0 Å². The van der Waals surface area contributed by atoms with E-state index in [1.54, 1.807) is 0 Å². The topological polar surface area (TPSA) is 47.7 Å². The van der Waals surface area contributed by atoms with Crippen LogP contribution in [0.3, 0.4) is 0 Å². The number of hydrogen-bond acceptors (Lipinski definition) is 4. The van der Waals surface area contributed by atoms with Crippen LogP contribution in [0, 0.1) is 10.8 Å². The molecule has 1 fully saturated rings. The molecule has 1 rings (SSSR count). The van der Waals surface area contributed by atoms with Crippen molar-refractivity contribution in [1.82, 2.24) is 0 Å². The third kappa shape index (κ3) is 0.978. The first-order valence-corrected chi connectivity index (χ1v) is 3.71. The summed E-state index contributed by atoms with van der Waals surface area (Å²) < 4.78 is 0. The van der Waals surface area contributed by atoms with Crippen molar-refractivity contribution >= 4 is 33.6 Å². The fourth-order valence-corrected chi connectivity index (χ4v) is 2.07. The van der Waals surface area contributed by atoms with Crippen LogP contribution >= 0.6 is 23.5 Å². The summed E-state index contributed by atoms with van der Waals surface area (Å²) in [4.78, 5) is 0. The van der Waals surface area contributed by atoms with Crippen LogP contribution in [0.15, 0.2) is 0 Å². The first kappa shape index (κ1) is 5.18. The van der Waals surface area contributed by atoms with E-state index in [0.29, 0.717) is 10.1 Å². The molecule has 0 aliphatic carbocycles. The van der Waals surface area contributed by atoms with Crippen molar-refractivity contribution in [2.24, 2.45) is 0 Å². The highest BCUT2D eigenvalue weighted by molar-refractivity contribution is 8.38. The van der Waals surface area contributed by atoms with Gasteiger partial charge in [0.1, 0.15) is 10.1 Å². The molecule has 1 saturated heterocycles. The molecule has 0 radical (unpaired) electrons. The molecule has 2 N–H and O–H groups in total. The van der Waals surface area contributed by atoms with Crippen molar-refractivity contribution in [3.05, 3.63) is 0 Å². The second-order valence-electron chi connectivity index (χ2n) is 1.06. The van der Waals surface area contributed by atoms with Crippen molar-refractivity contribution in [3.63, 3.8) is 0 Å². The number of hydrogen-bond donors (Lipinski definition) is 2. The van der Waals surface area contributed by atoms with Gasteiger partial charge in [0, 0.05) is 0 Å². The Labute approximate surface area is 50.1 Å². The summed E-state index contributed by atoms with van der Waals surface area (Å²) in [5, 5.41) is 15.6. The Morgan fingerprint density at radius 1 is 1.14 bits per heavy atom. The molecule has 7 heavy (non-hydrogen) atoms. The van der Waals surface area contributed by atoms with E-state index < -0.39 is 0 Å². The maximum atomic E-state index is 6.97. The molecule has 1 heterocycles. The lowest BCUT2D eigenvalue weighted by molar-refractivity contribution is 1.54. The molecule has 0 unspecified atom stereocenters. The van der Waals surface area contributed by atoms with Crippen LogP contribution in [0.25, 0.3) is 0 Å². The average molecular weight is 132 g/mol. The predicted molar refractivity (Wildman–Crippen MR) is 35.5 cm³/mol. The maximum absolute atomic E-state index is 6.97. The van der Waals surface area contributed by atoms with Crippen LogP contribution in [0.2, 0.25) is 0 Å². The summed E-state index contributed by atoms with van der Waals surface area (Å²) in [5.41, 5.74) is 0. The lowest BCUT2D eigenvalue weighted by atomic mass is 10.8. The molecule has 1 aliphatic heterocycles. The van der Waals surface area contributed by atoms with E-state index in [4.69, 9.17) is 10.8 Å². The van der Waals surface area contributed by atoms with Crippen LogP contribution in [-0.4, -0.2) is 15.2 Å². The maximum Gasteiger partial charge on any atom is 0.120 e. The summed E-state index contributed by atoms with van der Waals surface area (Å²) in [7, 11) is 0. The van der Waals surface area contributed by atoms with Crippen molar-refractivity contribution in [2.45, 2.75) is 0 Å². The van der Waals surface area contributed by atoms with Gasteiger partial charge < -0.3 is 0 Å². The highest BCUT2D eigenvalue weighted by atomic mass is 32.2. The Bertz CT molecular complexity index is 106. The Morgan fingerprint density at radius 2 is 1.57 bits per heavy atom. The average Bonchev–Trinajstić information content (AvgIpc) is 1.91. The minimum atomic E-state index is 0.421. The van der Waals surface area contributed by atoms with E-state index in [1.165, 1.54) is 23.5 Å². The molecule has 0 spiro atoms. The number of rotatable bonds is 0.